The van der Waals surface area contributed by atoms with E-state index >= 15 is 0 Å². The van der Waals surface area contributed by atoms with Crippen LogP contribution in [0.15, 0.2) is 12.1 Å². The Morgan fingerprint density at radius 3 is 2.88 bits per heavy atom. The van der Waals surface area contributed by atoms with Crippen LogP contribution in [0.5, 0.6) is 0 Å². The Morgan fingerprint density at radius 2 is 2.16 bits per heavy atom. The standard InChI is InChI=1S/C18H27N3O3S/c1-12(2)10-21-7-8-24-14(11-21)9-19-18(23)15-5-6-16(25-15)20-17(22)13-3-4-13/h5-6,12-14H,3-4,7-11H2,1-2H3,(H,19,23)(H,20,22)/t14-/m0/s1. The third-order valence-electron chi connectivity index (χ3n) is 4.36. The fourth-order valence-electron chi connectivity index (χ4n) is 2.98. The van der Waals surface area contributed by atoms with Crippen LogP contribution in [0.25, 0.3) is 0 Å². The first kappa shape index (κ1) is 18.4. The molecular formula is C18H27N3O3S. The summed E-state index contributed by atoms with van der Waals surface area (Å²) in [6, 6.07) is 3.55. The van der Waals surface area contributed by atoms with E-state index in [2.05, 4.69) is 29.4 Å². The van der Waals surface area contributed by atoms with Crippen molar-refractivity contribution >= 4 is 28.2 Å². The normalized spacial score (nSPS) is 21.3. The molecule has 25 heavy (non-hydrogen) atoms. The van der Waals surface area contributed by atoms with Gasteiger partial charge in [0.05, 0.1) is 22.6 Å². The smallest absolute Gasteiger partial charge is 0.261 e. The molecule has 0 unspecified atom stereocenters. The van der Waals surface area contributed by atoms with Crippen molar-refractivity contribution in [1.82, 2.24) is 10.2 Å². The summed E-state index contributed by atoms with van der Waals surface area (Å²) in [6.45, 7) is 8.51. The molecule has 1 aliphatic heterocycles. The highest BCUT2D eigenvalue weighted by molar-refractivity contribution is 7.18. The first-order valence-electron chi connectivity index (χ1n) is 9.04. The van der Waals surface area contributed by atoms with Gasteiger partial charge >= 0.3 is 0 Å². The number of morpholine rings is 1. The van der Waals surface area contributed by atoms with Crippen molar-refractivity contribution < 1.29 is 14.3 Å². The summed E-state index contributed by atoms with van der Waals surface area (Å²) in [7, 11) is 0. The van der Waals surface area contributed by atoms with Crippen LogP contribution >= 0.6 is 11.3 Å². The summed E-state index contributed by atoms with van der Waals surface area (Å²) < 4.78 is 5.76. The summed E-state index contributed by atoms with van der Waals surface area (Å²) >= 11 is 1.31. The van der Waals surface area contributed by atoms with Gasteiger partial charge in [-0.05, 0) is 30.9 Å². The minimum absolute atomic E-state index is 0.0328. The highest BCUT2D eigenvalue weighted by atomic mass is 32.1. The van der Waals surface area contributed by atoms with Crippen LogP contribution in [0.2, 0.25) is 0 Å². The fraction of sp³-hybridized carbons (Fsp3) is 0.667. The van der Waals surface area contributed by atoms with Gasteiger partial charge in [-0.3, -0.25) is 14.5 Å². The van der Waals surface area contributed by atoms with Crippen LogP contribution in [0.4, 0.5) is 5.00 Å². The highest BCUT2D eigenvalue weighted by Gasteiger charge is 2.30. The Kier molecular flexibility index (Phi) is 6.09. The highest BCUT2D eigenvalue weighted by Crippen LogP contribution is 2.31. The van der Waals surface area contributed by atoms with Gasteiger partial charge < -0.3 is 15.4 Å². The molecule has 1 saturated carbocycles. The molecule has 138 valence electrons. The van der Waals surface area contributed by atoms with Crippen LogP contribution in [-0.4, -0.2) is 55.6 Å². The number of ether oxygens (including phenoxy) is 1. The van der Waals surface area contributed by atoms with Crippen molar-refractivity contribution in [1.29, 1.82) is 0 Å². The number of nitrogens with zero attached hydrogens (tertiary/aromatic N) is 1. The number of anilines is 1. The lowest BCUT2D eigenvalue weighted by molar-refractivity contribution is -0.117. The Labute approximate surface area is 152 Å². The lowest BCUT2D eigenvalue weighted by Gasteiger charge is -2.33. The number of nitrogens with one attached hydrogen (secondary N) is 2. The molecule has 2 amide bonds. The summed E-state index contributed by atoms with van der Waals surface area (Å²) in [5.41, 5.74) is 0. The molecule has 1 aliphatic carbocycles. The van der Waals surface area contributed by atoms with Crippen LogP contribution in [0.1, 0.15) is 36.4 Å². The van der Waals surface area contributed by atoms with Gasteiger partial charge in [0, 0.05) is 32.1 Å². The molecule has 1 saturated heterocycles. The minimum Gasteiger partial charge on any atom is -0.374 e. The average Bonchev–Trinajstić information content (AvgIpc) is 3.32. The maximum Gasteiger partial charge on any atom is 0.261 e. The molecular weight excluding hydrogens is 338 g/mol. The molecule has 0 radical (unpaired) electrons. The number of hydrogen-bond donors (Lipinski definition) is 2. The number of amides is 2. The zero-order valence-corrected chi connectivity index (χ0v) is 15.7. The third kappa shape index (κ3) is 5.52. The van der Waals surface area contributed by atoms with Gasteiger partial charge in [-0.1, -0.05) is 13.8 Å². The zero-order valence-electron chi connectivity index (χ0n) is 14.9. The Bertz CT molecular complexity index is 612. The van der Waals surface area contributed by atoms with Crippen LogP contribution < -0.4 is 10.6 Å². The van der Waals surface area contributed by atoms with E-state index in [0.29, 0.717) is 23.9 Å². The molecule has 2 N–H and O–H groups in total. The number of hydrogen-bond acceptors (Lipinski definition) is 5. The van der Waals surface area contributed by atoms with E-state index in [-0.39, 0.29) is 23.8 Å². The van der Waals surface area contributed by atoms with Crippen molar-refractivity contribution in [3.63, 3.8) is 0 Å². The van der Waals surface area contributed by atoms with Gasteiger partial charge in [0.25, 0.3) is 5.91 Å². The summed E-state index contributed by atoms with van der Waals surface area (Å²) in [5, 5.41) is 6.56. The number of thiophene rings is 1. The largest absolute Gasteiger partial charge is 0.374 e. The molecule has 2 fully saturated rings. The number of carbonyl (C=O) groups is 2. The van der Waals surface area contributed by atoms with E-state index in [1.807, 2.05) is 0 Å². The molecule has 0 bridgehead atoms. The first-order chi connectivity index (χ1) is 12.0. The third-order valence-corrected chi connectivity index (χ3v) is 5.36. The fourth-order valence-corrected chi connectivity index (χ4v) is 3.80. The van der Waals surface area contributed by atoms with E-state index in [4.69, 9.17) is 4.74 Å². The van der Waals surface area contributed by atoms with Gasteiger partial charge in [-0.25, -0.2) is 0 Å². The maximum absolute atomic E-state index is 12.3. The molecule has 1 atom stereocenters. The monoisotopic (exact) mass is 365 g/mol. The van der Waals surface area contributed by atoms with E-state index in [9.17, 15) is 9.59 Å². The Balaban J connectivity index is 1.44. The topological polar surface area (TPSA) is 70.7 Å². The lowest BCUT2D eigenvalue weighted by Crippen LogP contribution is -2.48. The van der Waals surface area contributed by atoms with Gasteiger partial charge in [-0.15, -0.1) is 11.3 Å². The second-order valence-electron chi connectivity index (χ2n) is 7.28. The molecule has 2 aliphatic rings. The summed E-state index contributed by atoms with van der Waals surface area (Å²) in [4.78, 5) is 27.1. The van der Waals surface area contributed by atoms with Crippen molar-refractivity contribution in [2.45, 2.75) is 32.8 Å². The Hall–Kier alpha value is -1.44. The Morgan fingerprint density at radius 1 is 1.36 bits per heavy atom. The molecule has 3 rings (SSSR count). The number of carbonyl (C=O) groups excluding carboxylic acids is 2. The average molecular weight is 365 g/mol. The minimum atomic E-state index is -0.110. The first-order valence-corrected chi connectivity index (χ1v) is 9.85. The summed E-state index contributed by atoms with van der Waals surface area (Å²) in [6.07, 6.45) is 1.98. The summed E-state index contributed by atoms with van der Waals surface area (Å²) in [5.74, 6) is 0.747. The van der Waals surface area contributed by atoms with Crippen molar-refractivity contribution in [3.05, 3.63) is 17.0 Å². The van der Waals surface area contributed by atoms with E-state index in [1.54, 1.807) is 12.1 Å². The van der Waals surface area contributed by atoms with Crippen LogP contribution in [0, 0.1) is 11.8 Å². The van der Waals surface area contributed by atoms with Gasteiger partial charge in [0.2, 0.25) is 5.91 Å². The van der Waals surface area contributed by atoms with E-state index in [1.165, 1.54) is 11.3 Å². The van der Waals surface area contributed by atoms with Crippen molar-refractivity contribution in [2.75, 3.05) is 38.1 Å². The van der Waals surface area contributed by atoms with Crippen molar-refractivity contribution in [3.8, 4) is 0 Å². The molecule has 2 heterocycles. The predicted octanol–water partition coefficient (Wildman–Crippen LogP) is 2.18. The predicted molar refractivity (Wildman–Crippen MR) is 99.0 cm³/mol. The van der Waals surface area contributed by atoms with Gasteiger partial charge in [-0.2, -0.15) is 0 Å². The van der Waals surface area contributed by atoms with Crippen molar-refractivity contribution in [2.24, 2.45) is 11.8 Å². The van der Waals surface area contributed by atoms with Gasteiger partial charge in [0.15, 0.2) is 0 Å². The SMILES string of the molecule is CC(C)CN1CCO[C@@H](CNC(=O)c2ccc(NC(=O)C3CC3)s2)C1. The van der Waals surface area contributed by atoms with Crippen LogP contribution in [-0.2, 0) is 9.53 Å². The molecule has 0 spiro atoms. The lowest BCUT2D eigenvalue weighted by atomic mass is 10.2. The van der Waals surface area contributed by atoms with E-state index in [0.717, 1.165) is 37.5 Å². The molecule has 7 heteroatoms. The molecule has 6 nitrogen and oxygen atoms in total. The number of rotatable bonds is 7. The second kappa shape index (κ2) is 8.29. The molecule has 1 aromatic heterocycles. The van der Waals surface area contributed by atoms with Crippen LogP contribution in [0.3, 0.4) is 0 Å². The second-order valence-corrected chi connectivity index (χ2v) is 8.37. The van der Waals surface area contributed by atoms with E-state index < -0.39 is 0 Å². The maximum atomic E-state index is 12.3. The molecule has 1 aromatic rings. The van der Waals surface area contributed by atoms with Gasteiger partial charge in [0.1, 0.15) is 0 Å². The zero-order chi connectivity index (χ0) is 17.8. The quantitative estimate of drug-likeness (QED) is 0.777. The molecule has 0 aromatic carbocycles.